The molecule has 4 rings (SSSR count). The largest absolute Gasteiger partial charge is 0.391 e. The first kappa shape index (κ1) is 15.7. The van der Waals surface area contributed by atoms with Gasteiger partial charge in [-0.25, -0.2) is 4.39 Å². The van der Waals surface area contributed by atoms with E-state index in [-0.39, 0.29) is 24.3 Å². The third-order valence-corrected chi connectivity index (χ3v) is 4.50. The summed E-state index contributed by atoms with van der Waals surface area (Å²) in [6, 6.07) is 11.0. The highest BCUT2D eigenvalue weighted by Gasteiger charge is 2.36. The number of benzene rings is 2. The van der Waals surface area contributed by atoms with Crippen molar-refractivity contribution in [2.75, 3.05) is 6.54 Å². The van der Waals surface area contributed by atoms with Gasteiger partial charge in [-0.15, -0.1) is 0 Å². The minimum Gasteiger partial charge on any atom is -0.391 e. The topological polar surface area (TPSA) is 66.3 Å². The average Bonchev–Trinajstić information content (AvgIpc) is 3.02. The molecule has 1 aliphatic heterocycles. The summed E-state index contributed by atoms with van der Waals surface area (Å²) in [5.41, 5.74) is 2.27. The summed E-state index contributed by atoms with van der Waals surface area (Å²) in [6.07, 6.45) is 2.86. The number of β-amino-alcohol motifs (C(OH)–C–C–N with tert-alkyl or cyclic N) is 1. The second-order valence-electron chi connectivity index (χ2n) is 6.15. The van der Waals surface area contributed by atoms with Gasteiger partial charge >= 0.3 is 0 Å². The van der Waals surface area contributed by atoms with Crippen molar-refractivity contribution >= 4 is 16.9 Å². The Morgan fingerprint density at radius 2 is 1.96 bits per heavy atom. The number of para-hydroxylation sites is 1. The maximum absolute atomic E-state index is 13.6. The molecule has 1 saturated heterocycles. The van der Waals surface area contributed by atoms with Gasteiger partial charge in [0, 0.05) is 18.9 Å². The fraction of sp³-hybridized carbons (Fsp3) is 0.211. The van der Waals surface area contributed by atoms with Crippen molar-refractivity contribution in [3.05, 3.63) is 71.8 Å². The highest BCUT2D eigenvalue weighted by Crippen LogP contribution is 2.34. The molecule has 1 amide bonds. The highest BCUT2D eigenvalue weighted by molar-refractivity contribution is 6.04. The Morgan fingerprint density at radius 3 is 2.80 bits per heavy atom. The number of amides is 1. The lowest BCUT2D eigenvalue weighted by Crippen LogP contribution is -2.32. The lowest BCUT2D eigenvalue weighted by Gasteiger charge is -2.25. The number of hydrogen-bond donors (Lipinski definition) is 1. The third kappa shape index (κ3) is 2.85. The van der Waals surface area contributed by atoms with E-state index >= 15 is 0 Å². The van der Waals surface area contributed by atoms with Crippen molar-refractivity contribution in [1.82, 2.24) is 14.9 Å². The summed E-state index contributed by atoms with van der Waals surface area (Å²) in [6.45, 7) is 0.205. The molecule has 0 aliphatic carbocycles. The van der Waals surface area contributed by atoms with Crippen LogP contribution in [0.3, 0.4) is 0 Å². The van der Waals surface area contributed by atoms with Crippen LogP contribution in [0.4, 0.5) is 4.39 Å². The van der Waals surface area contributed by atoms with Gasteiger partial charge in [-0.1, -0.05) is 18.2 Å². The molecule has 0 spiro atoms. The zero-order valence-corrected chi connectivity index (χ0v) is 13.3. The van der Waals surface area contributed by atoms with E-state index in [1.54, 1.807) is 47.6 Å². The van der Waals surface area contributed by atoms with E-state index < -0.39 is 6.10 Å². The lowest BCUT2D eigenvalue weighted by atomic mass is 10.0. The molecule has 126 valence electrons. The Labute approximate surface area is 143 Å². The smallest absolute Gasteiger partial charge is 0.256 e. The summed E-state index contributed by atoms with van der Waals surface area (Å²) in [5, 5.41) is 10.1. The number of fused-ring (bicyclic) bond motifs is 1. The van der Waals surface area contributed by atoms with Crippen molar-refractivity contribution in [2.45, 2.75) is 18.6 Å². The molecule has 1 fully saturated rings. The molecule has 25 heavy (non-hydrogen) atoms. The molecule has 0 radical (unpaired) electrons. The van der Waals surface area contributed by atoms with E-state index in [1.165, 1.54) is 12.1 Å². The van der Waals surface area contributed by atoms with Gasteiger partial charge in [-0.2, -0.15) is 0 Å². The van der Waals surface area contributed by atoms with Crippen LogP contribution in [0.5, 0.6) is 0 Å². The molecule has 0 unspecified atom stereocenters. The standard InChI is InChI=1S/C19H16FN3O2/c20-13-4-1-3-12(9-13)17-10-14(24)11-23(17)19(25)15-5-2-6-16-18(15)22-8-7-21-16/h1-9,14,17,24H,10-11H2/t14-,17-/m1/s1. The van der Waals surface area contributed by atoms with Gasteiger partial charge in [0.05, 0.1) is 23.2 Å². The van der Waals surface area contributed by atoms with Crippen molar-refractivity contribution in [1.29, 1.82) is 0 Å². The molecule has 1 N–H and O–H groups in total. The molecular weight excluding hydrogens is 321 g/mol. The molecule has 2 heterocycles. The van der Waals surface area contributed by atoms with E-state index in [4.69, 9.17) is 0 Å². The molecule has 0 saturated carbocycles. The van der Waals surface area contributed by atoms with Crippen LogP contribution in [0.25, 0.3) is 11.0 Å². The molecule has 0 bridgehead atoms. The normalized spacial score (nSPS) is 20.2. The number of aliphatic hydroxyl groups excluding tert-OH is 1. The number of aliphatic hydroxyl groups is 1. The van der Waals surface area contributed by atoms with Crippen LogP contribution in [0.2, 0.25) is 0 Å². The quantitative estimate of drug-likeness (QED) is 0.781. The second kappa shape index (κ2) is 6.22. The zero-order valence-electron chi connectivity index (χ0n) is 13.3. The summed E-state index contributed by atoms with van der Waals surface area (Å²) >= 11 is 0. The maximum Gasteiger partial charge on any atom is 0.256 e. The van der Waals surface area contributed by atoms with Gasteiger partial charge in [0.15, 0.2) is 0 Å². The van der Waals surface area contributed by atoms with Gasteiger partial charge in [0.25, 0.3) is 5.91 Å². The van der Waals surface area contributed by atoms with E-state index in [1.807, 2.05) is 0 Å². The molecule has 1 aliphatic rings. The van der Waals surface area contributed by atoms with Gasteiger partial charge in [-0.05, 0) is 36.2 Å². The predicted molar refractivity (Wildman–Crippen MR) is 90.3 cm³/mol. The fourth-order valence-electron chi connectivity index (χ4n) is 3.39. The summed E-state index contributed by atoms with van der Waals surface area (Å²) in [4.78, 5) is 23.2. The summed E-state index contributed by atoms with van der Waals surface area (Å²) in [7, 11) is 0. The van der Waals surface area contributed by atoms with E-state index in [2.05, 4.69) is 9.97 Å². The van der Waals surface area contributed by atoms with Crippen LogP contribution in [0.15, 0.2) is 54.9 Å². The van der Waals surface area contributed by atoms with Gasteiger partial charge in [0.2, 0.25) is 0 Å². The third-order valence-electron chi connectivity index (χ3n) is 4.50. The van der Waals surface area contributed by atoms with Crippen molar-refractivity contribution < 1.29 is 14.3 Å². The predicted octanol–water partition coefficient (Wildman–Crippen LogP) is 2.72. The number of hydrogen-bond acceptors (Lipinski definition) is 4. The Morgan fingerprint density at radius 1 is 1.16 bits per heavy atom. The molecule has 2 aromatic carbocycles. The van der Waals surface area contributed by atoms with E-state index in [9.17, 15) is 14.3 Å². The van der Waals surface area contributed by atoms with Gasteiger partial charge in [-0.3, -0.25) is 14.8 Å². The van der Waals surface area contributed by atoms with Crippen molar-refractivity contribution in [2.24, 2.45) is 0 Å². The van der Waals surface area contributed by atoms with Crippen LogP contribution < -0.4 is 0 Å². The molecular formula is C19H16FN3O2. The number of rotatable bonds is 2. The van der Waals surface area contributed by atoms with Crippen molar-refractivity contribution in [3.8, 4) is 0 Å². The second-order valence-corrected chi connectivity index (χ2v) is 6.15. The Balaban J connectivity index is 1.75. The van der Waals surface area contributed by atoms with E-state index in [0.717, 1.165) is 0 Å². The van der Waals surface area contributed by atoms with Crippen molar-refractivity contribution in [3.63, 3.8) is 0 Å². The maximum atomic E-state index is 13.6. The van der Waals surface area contributed by atoms with Gasteiger partial charge in [0.1, 0.15) is 11.3 Å². The number of carbonyl (C=O) groups excluding carboxylic acids is 1. The highest BCUT2D eigenvalue weighted by atomic mass is 19.1. The molecule has 1 aromatic heterocycles. The molecule has 6 heteroatoms. The Hall–Kier alpha value is -2.86. The monoisotopic (exact) mass is 337 g/mol. The zero-order chi connectivity index (χ0) is 17.4. The number of halogens is 1. The van der Waals surface area contributed by atoms with Crippen LogP contribution >= 0.6 is 0 Å². The Bertz CT molecular complexity index is 941. The molecule has 3 aromatic rings. The van der Waals surface area contributed by atoms with Crippen LogP contribution in [0.1, 0.15) is 28.4 Å². The van der Waals surface area contributed by atoms with Crippen LogP contribution in [0, 0.1) is 5.82 Å². The number of aromatic nitrogens is 2. The number of likely N-dealkylation sites (tertiary alicyclic amines) is 1. The summed E-state index contributed by atoms with van der Waals surface area (Å²) in [5.74, 6) is -0.598. The average molecular weight is 337 g/mol. The lowest BCUT2D eigenvalue weighted by molar-refractivity contribution is 0.0717. The fourth-order valence-corrected chi connectivity index (χ4v) is 3.39. The first-order valence-electron chi connectivity index (χ1n) is 8.08. The molecule has 5 nitrogen and oxygen atoms in total. The van der Waals surface area contributed by atoms with Crippen LogP contribution in [-0.2, 0) is 0 Å². The number of nitrogens with zero attached hydrogens (tertiary/aromatic N) is 3. The van der Waals surface area contributed by atoms with E-state index in [0.29, 0.717) is 28.6 Å². The number of carbonyl (C=O) groups is 1. The minimum absolute atomic E-state index is 0.205. The first-order chi connectivity index (χ1) is 12.1. The minimum atomic E-state index is -0.640. The van der Waals surface area contributed by atoms with Crippen LogP contribution in [-0.4, -0.2) is 38.5 Å². The van der Waals surface area contributed by atoms with Gasteiger partial charge < -0.3 is 10.0 Å². The Kier molecular flexibility index (Phi) is 3.89. The molecule has 2 atom stereocenters. The SMILES string of the molecule is O=C(c1cccc2nccnc12)N1C[C@H](O)C[C@@H]1c1cccc(F)c1. The first-order valence-corrected chi connectivity index (χ1v) is 8.08. The summed E-state index contributed by atoms with van der Waals surface area (Å²) < 4.78 is 13.6.